The number of hydrogen-bond donors (Lipinski definition) is 8. The molecular formula is C26H33FN4O7. The Hall–Kier alpha value is -3.58. The van der Waals surface area contributed by atoms with E-state index >= 15 is 0 Å². The molecule has 2 heterocycles. The summed E-state index contributed by atoms with van der Waals surface area (Å²) >= 11 is 0. The normalized spacial score (nSPS) is 16.1. The van der Waals surface area contributed by atoms with E-state index in [-0.39, 0.29) is 43.8 Å². The van der Waals surface area contributed by atoms with E-state index in [1.165, 1.54) is 18.2 Å². The number of H-pyrrole nitrogens is 1. The number of nitrogens with one attached hydrogen (secondary N) is 4. The Kier molecular flexibility index (Phi) is 9.75. The molecule has 3 atom stereocenters. The minimum Gasteiger partial charge on any atom is -0.394 e. The zero-order valence-electron chi connectivity index (χ0n) is 21.2. The minimum atomic E-state index is -1.12. The number of aromatic amines is 1. The molecule has 38 heavy (non-hydrogen) atoms. The number of amides is 3. The lowest BCUT2D eigenvalue weighted by atomic mass is 10.0. The molecule has 1 aromatic carbocycles. The molecule has 0 saturated carbocycles. The summed E-state index contributed by atoms with van der Waals surface area (Å²) in [5.41, 5.74) is 3.29. The van der Waals surface area contributed by atoms with Gasteiger partial charge >= 0.3 is 0 Å². The van der Waals surface area contributed by atoms with E-state index in [2.05, 4.69) is 20.9 Å². The lowest BCUT2D eigenvalue weighted by Gasteiger charge is -2.16. The molecule has 1 aliphatic heterocycles. The van der Waals surface area contributed by atoms with E-state index in [0.29, 0.717) is 33.8 Å². The number of benzene rings is 1. The van der Waals surface area contributed by atoms with Gasteiger partial charge in [0, 0.05) is 35.7 Å². The van der Waals surface area contributed by atoms with Gasteiger partial charge in [-0.1, -0.05) is 0 Å². The first-order valence-electron chi connectivity index (χ1n) is 12.2. The molecule has 3 amide bonds. The van der Waals surface area contributed by atoms with Crippen LogP contribution in [0.25, 0.3) is 11.6 Å². The Balaban J connectivity index is 1.54. The summed E-state index contributed by atoms with van der Waals surface area (Å²) < 4.78 is 13.7. The van der Waals surface area contributed by atoms with Crippen molar-refractivity contribution in [1.29, 1.82) is 0 Å². The van der Waals surface area contributed by atoms with Crippen LogP contribution in [0.2, 0.25) is 0 Å². The summed E-state index contributed by atoms with van der Waals surface area (Å²) in [6.07, 6.45) is -1.85. The first-order valence-corrected chi connectivity index (χ1v) is 12.2. The third-order valence-electron chi connectivity index (χ3n) is 6.23. The van der Waals surface area contributed by atoms with Crippen molar-refractivity contribution in [3.63, 3.8) is 0 Å². The van der Waals surface area contributed by atoms with Crippen LogP contribution in [0.1, 0.15) is 52.1 Å². The van der Waals surface area contributed by atoms with Crippen molar-refractivity contribution in [3.8, 4) is 0 Å². The molecule has 2 aromatic rings. The fraction of sp³-hybridized carbons (Fsp3) is 0.423. The number of halogens is 1. The van der Waals surface area contributed by atoms with Crippen LogP contribution in [0.3, 0.4) is 0 Å². The lowest BCUT2D eigenvalue weighted by Crippen LogP contribution is -2.36. The predicted molar refractivity (Wildman–Crippen MR) is 137 cm³/mol. The van der Waals surface area contributed by atoms with Gasteiger partial charge in [0.15, 0.2) is 0 Å². The van der Waals surface area contributed by atoms with Gasteiger partial charge in [-0.3, -0.25) is 14.4 Å². The van der Waals surface area contributed by atoms with Crippen LogP contribution < -0.4 is 16.0 Å². The average Bonchev–Trinajstić information content (AvgIpc) is 3.31. The van der Waals surface area contributed by atoms with E-state index in [1.54, 1.807) is 19.9 Å². The third-order valence-corrected chi connectivity index (χ3v) is 6.23. The van der Waals surface area contributed by atoms with E-state index in [4.69, 9.17) is 5.11 Å². The number of aliphatic hydroxyl groups excluding tert-OH is 4. The highest BCUT2D eigenvalue weighted by Crippen LogP contribution is 2.34. The van der Waals surface area contributed by atoms with Crippen molar-refractivity contribution >= 4 is 35.1 Å². The second-order valence-corrected chi connectivity index (χ2v) is 9.30. The molecule has 0 fully saturated rings. The summed E-state index contributed by atoms with van der Waals surface area (Å²) in [6, 6.07) is 4.02. The van der Waals surface area contributed by atoms with Gasteiger partial charge in [0.1, 0.15) is 5.82 Å². The molecule has 206 valence electrons. The first kappa shape index (κ1) is 29.0. The molecule has 1 unspecified atom stereocenters. The number of carbonyl (C=O) groups excluding carboxylic acids is 3. The average molecular weight is 533 g/mol. The van der Waals surface area contributed by atoms with Crippen LogP contribution in [0.15, 0.2) is 18.2 Å². The van der Waals surface area contributed by atoms with Crippen molar-refractivity contribution in [2.45, 2.75) is 51.4 Å². The van der Waals surface area contributed by atoms with Gasteiger partial charge < -0.3 is 41.4 Å². The zero-order valence-corrected chi connectivity index (χ0v) is 21.2. The van der Waals surface area contributed by atoms with Gasteiger partial charge in [-0.05, 0) is 56.5 Å². The maximum absolute atomic E-state index is 13.7. The van der Waals surface area contributed by atoms with Crippen molar-refractivity contribution < 1.29 is 39.2 Å². The first-order chi connectivity index (χ1) is 18.0. The molecule has 1 aromatic heterocycles. The fourth-order valence-electron chi connectivity index (χ4n) is 4.25. The summed E-state index contributed by atoms with van der Waals surface area (Å²) in [7, 11) is 0. The Morgan fingerprint density at radius 1 is 1.11 bits per heavy atom. The second-order valence-electron chi connectivity index (χ2n) is 9.30. The van der Waals surface area contributed by atoms with Gasteiger partial charge in [-0.25, -0.2) is 4.39 Å². The van der Waals surface area contributed by atoms with Gasteiger partial charge in [0.25, 0.3) is 11.8 Å². The monoisotopic (exact) mass is 532 g/mol. The van der Waals surface area contributed by atoms with Crippen LogP contribution in [0.5, 0.6) is 0 Å². The Bertz CT molecular complexity index is 1230. The maximum Gasteiger partial charge on any atom is 0.256 e. The highest BCUT2D eigenvalue weighted by atomic mass is 19.1. The van der Waals surface area contributed by atoms with Gasteiger partial charge in [0.05, 0.1) is 42.5 Å². The SMILES string of the molecule is Cc1[nH]c(/C=C2\C(=O)Nc3ccc(F)cc32)c(C)c1C(=O)NCC[C@@H](O)C[C@@H](O)CC(=O)NCC(O)CO. The largest absolute Gasteiger partial charge is 0.394 e. The molecule has 3 rings (SSSR count). The summed E-state index contributed by atoms with van der Waals surface area (Å²) in [4.78, 5) is 40.1. The number of hydrogen-bond acceptors (Lipinski definition) is 7. The van der Waals surface area contributed by atoms with Crippen LogP contribution in [-0.2, 0) is 9.59 Å². The number of carbonyl (C=O) groups is 3. The Morgan fingerprint density at radius 3 is 2.55 bits per heavy atom. The van der Waals surface area contributed by atoms with Gasteiger partial charge in [0.2, 0.25) is 5.91 Å². The van der Waals surface area contributed by atoms with Gasteiger partial charge in [-0.2, -0.15) is 0 Å². The molecule has 0 radical (unpaired) electrons. The van der Waals surface area contributed by atoms with Crippen molar-refractivity contribution in [1.82, 2.24) is 15.6 Å². The zero-order chi connectivity index (χ0) is 28.0. The minimum absolute atomic E-state index is 0.0874. The molecule has 8 N–H and O–H groups in total. The quantitative estimate of drug-likeness (QED) is 0.181. The van der Waals surface area contributed by atoms with Crippen LogP contribution in [0, 0.1) is 19.7 Å². The molecule has 0 saturated heterocycles. The third kappa shape index (κ3) is 7.25. The molecular weight excluding hydrogens is 499 g/mol. The van der Waals surface area contributed by atoms with Crippen molar-refractivity contribution in [3.05, 3.63) is 52.1 Å². The maximum atomic E-state index is 13.7. The molecule has 11 nitrogen and oxygen atoms in total. The van der Waals surface area contributed by atoms with E-state index < -0.39 is 42.6 Å². The fourth-order valence-corrected chi connectivity index (χ4v) is 4.25. The highest BCUT2D eigenvalue weighted by Gasteiger charge is 2.26. The number of aliphatic hydroxyl groups is 4. The number of aromatic nitrogens is 1. The number of rotatable bonds is 12. The number of fused-ring (bicyclic) bond motifs is 1. The molecule has 0 spiro atoms. The standard InChI is InChI=1S/C26H33FN4O7/c1-13-22(10-20-19-7-15(27)3-4-21(19)31-25(20)37)30-14(2)24(13)26(38)28-6-5-16(33)8-17(34)9-23(36)29-11-18(35)12-32/h3-4,7,10,16-18,30,32-35H,5-6,8-9,11-12H2,1-2H3,(H,28,38)(H,29,36)(H,31,37)/b20-10-/t16-,17-,18?/m1/s1. The molecule has 0 aliphatic carbocycles. The molecule has 0 bridgehead atoms. The Labute approximate surface area is 218 Å². The smallest absolute Gasteiger partial charge is 0.256 e. The van der Waals surface area contributed by atoms with Crippen LogP contribution in [-0.4, -0.2) is 81.1 Å². The summed E-state index contributed by atoms with van der Waals surface area (Å²) in [5, 5.41) is 45.9. The number of anilines is 1. The molecule has 12 heteroatoms. The summed E-state index contributed by atoms with van der Waals surface area (Å²) in [5.74, 6) is -1.77. The second kappa shape index (κ2) is 12.8. The van der Waals surface area contributed by atoms with Gasteiger partial charge in [-0.15, -0.1) is 0 Å². The topological polar surface area (TPSA) is 184 Å². The van der Waals surface area contributed by atoms with E-state index in [9.17, 15) is 34.1 Å². The van der Waals surface area contributed by atoms with E-state index in [0.717, 1.165) is 0 Å². The highest BCUT2D eigenvalue weighted by molar-refractivity contribution is 6.34. The summed E-state index contributed by atoms with van der Waals surface area (Å²) in [6.45, 7) is 2.90. The van der Waals surface area contributed by atoms with Crippen molar-refractivity contribution in [2.75, 3.05) is 25.0 Å². The lowest BCUT2D eigenvalue weighted by molar-refractivity contribution is -0.124. The Morgan fingerprint density at radius 2 is 1.84 bits per heavy atom. The van der Waals surface area contributed by atoms with E-state index in [1.807, 2.05) is 0 Å². The van der Waals surface area contributed by atoms with Crippen molar-refractivity contribution in [2.24, 2.45) is 0 Å². The van der Waals surface area contributed by atoms with Crippen LogP contribution >= 0.6 is 0 Å². The molecule has 1 aliphatic rings. The number of aryl methyl sites for hydroxylation is 1. The van der Waals surface area contributed by atoms with Crippen LogP contribution in [0.4, 0.5) is 10.1 Å². The predicted octanol–water partition coefficient (Wildman–Crippen LogP) is 0.355.